The number of rotatable bonds is 6. The van der Waals surface area contributed by atoms with Crippen molar-refractivity contribution < 1.29 is 9.90 Å². The van der Waals surface area contributed by atoms with E-state index in [1.807, 2.05) is 19.1 Å². The van der Waals surface area contributed by atoms with Crippen LogP contribution in [-0.2, 0) is 11.2 Å². The molecule has 0 saturated heterocycles. The third-order valence-electron chi connectivity index (χ3n) is 4.95. The molecule has 0 radical (unpaired) electrons. The molecule has 1 atom stereocenters. The third kappa shape index (κ3) is 4.19. The van der Waals surface area contributed by atoms with E-state index in [-0.39, 0.29) is 17.7 Å². The minimum absolute atomic E-state index is 0.0621. The number of hydrogen-bond acceptors (Lipinski definition) is 3. The first-order valence-corrected chi connectivity index (χ1v) is 9.27. The lowest BCUT2D eigenvalue weighted by atomic mass is 10.0. The summed E-state index contributed by atoms with van der Waals surface area (Å²) in [6, 6.07) is 14.8. The fraction of sp³-hybridized carbons (Fsp3) is 0.273. The summed E-state index contributed by atoms with van der Waals surface area (Å²) in [5, 5.41) is 12.6. The SMILES string of the molecule is Cc1nc(C(NC(=O)Cc2ccc(C3CC3)cc2)c2ccc(O)cc2)c[nH]1. The van der Waals surface area contributed by atoms with Gasteiger partial charge in [0.05, 0.1) is 18.2 Å². The Balaban J connectivity index is 1.49. The number of imidazole rings is 1. The van der Waals surface area contributed by atoms with Gasteiger partial charge >= 0.3 is 0 Å². The quantitative estimate of drug-likeness (QED) is 0.626. The molecule has 0 spiro atoms. The Morgan fingerprint density at radius 1 is 1.19 bits per heavy atom. The van der Waals surface area contributed by atoms with Gasteiger partial charge in [-0.2, -0.15) is 0 Å². The summed E-state index contributed by atoms with van der Waals surface area (Å²) in [5.74, 6) is 1.64. The van der Waals surface area contributed by atoms with E-state index in [0.717, 1.165) is 28.6 Å². The summed E-state index contributed by atoms with van der Waals surface area (Å²) in [4.78, 5) is 20.2. The highest BCUT2D eigenvalue weighted by Gasteiger charge is 2.23. The average molecular weight is 361 g/mol. The number of aromatic hydroxyl groups is 1. The summed E-state index contributed by atoms with van der Waals surface area (Å²) in [6.45, 7) is 1.88. The number of aromatic amines is 1. The van der Waals surface area contributed by atoms with Crippen LogP contribution in [0.1, 0.15) is 53.0 Å². The summed E-state index contributed by atoms with van der Waals surface area (Å²) < 4.78 is 0. The highest BCUT2D eigenvalue weighted by atomic mass is 16.3. The standard InChI is InChI=1S/C22H23N3O2/c1-14-23-13-20(24-14)22(18-8-10-19(26)11-9-18)25-21(27)12-15-2-4-16(5-3-15)17-6-7-17/h2-5,8-11,13,17,22,26H,6-7,12H2,1H3,(H,23,24)(H,25,27). The van der Waals surface area contributed by atoms with Gasteiger partial charge in [0, 0.05) is 6.20 Å². The molecule has 2 aromatic carbocycles. The van der Waals surface area contributed by atoms with E-state index >= 15 is 0 Å². The van der Waals surface area contributed by atoms with Gasteiger partial charge in [0.2, 0.25) is 5.91 Å². The smallest absolute Gasteiger partial charge is 0.225 e. The van der Waals surface area contributed by atoms with E-state index in [4.69, 9.17) is 0 Å². The number of carbonyl (C=O) groups is 1. The van der Waals surface area contributed by atoms with Crippen LogP contribution in [-0.4, -0.2) is 21.0 Å². The number of carbonyl (C=O) groups excluding carboxylic acids is 1. The van der Waals surface area contributed by atoms with Crippen molar-refractivity contribution in [2.45, 2.75) is 38.1 Å². The first-order chi connectivity index (χ1) is 13.1. The summed E-state index contributed by atoms with van der Waals surface area (Å²) in [7, 11) is 0. The maximum absolute atomic E-state index is 12.7. The predicted molar refractivity (Wildman–Crippen MR) is 104 cm³/mol. The van der Waals surface area contributed by atoms with Gasteiger partial charge in [0.1, 0.15) is 11.6 Å². The molecule has 1 aliphatic rings. The van der Waals surface area contributed by atoms with Crippen molar-refractivity contribution in [3.05, 3.63) is 82.9 Å². The van der Waals surface area contributed by atoms with Crippen LogP contribution in [0.15, 0.2) is 54.7 Å². The maximum atomic E-state index is 12.7. The maximum Gasteiger partial charge on any atom is 0.225 e. The van der Waals surface area contributed by atoms with E-state index < -0.39 is 0 Å². The Bertz CT molecular complexity index is 925. The molecule has 4 rings (SSSR count). The molecule has 27 heavy (non-hydrogen) atoms. The number of aryl methyl sites for hydroxylation is 1. The number of nitrogens with one attached hydrogen (secondary N) is 2. The van der Waals surface area contributed by atoms with Crippen LogP contribution in [0.3, 0.4) is 0 Å². The van der Waals surface area contributed by atoms with Gasteiger partial charge in [0.15, 0.2) is 0 Å². The topological polar surface area (TPSA) is 78.0 Å². The molecule has 1 unspecified atom stereocenters. The van der Waals surface area contributed by atoms with Crippen LogP contribution in [0.2, 0.25) is 0 Å². The minimum Gasteiger partial charge on any atom is -0.508 e. The van der Waals surface area contributed by atoms with Gasteiger partial charge < -0.3 is 15.4 Å². The van der Waals surface area contributed by atoms with E-state index in [2.05, 4.69) is 27.4 Å². The molecule has 0 aliphatic heterocycles. The fourth-order valence-electron chi connectivity index (χ4n) is 3.30. The molecule has 1 heterocycles. The number of H-pyrrole nitrogens is 1. The van der Waals surface area contributed by atoms with Gasteiger partial charge in [-0.25, -0.2) is 4.98 Å². The zero-order valence-electron chi connectivity index (χ0n) is 15.3. The first-order valence-electron chi connectivity index (χ1n) is 9.27. The summed E-state index contributed by atoms with van der Waals surface area (Å²) in [6.07, 6.45) is 4.68. The van der Waals surface area contributed by atoms with Crippen LogP contribution in [0, 0.1) is 6.92 Å². The largest absolute Gasteiger partial charge is 0.508 e. The van der Waals surface area contributed by atoms with Gasteiger partial charge in [-0.15, -0.1) is 0 Å². The van der Waals surface area contributed by atoms with Crippen molar-refractivity contribution in [2.24, 2.45) is 0 Å². The lowest BCUT2D eigenvalue weighted by molar-refractivity contribution is -0.120. The molecule has 1 aliphatic carbocycles. The van der Waals surface area contributed by atoms with E-state index in [1.165, 1.54) is 18.4 Å². The van der Waals surface area contributed by atoms with E-state index in [1.54, 1.807) is 30.5 Å². The highest BCUT2D eigenvalue weighted by Crippen LogP contribution is 2.39. The Morgan fingerprint density at radius 2 is 1.89 bits per heavy atom. The molecule has 1 saturated carbocycles. The molecule has 3 aromatic rings. The molecule has 5 heteroatoms. The number of amides is 1. The normalized spacial score (nSPS) is 14.7. The number of benzene rings is 2. The molecule has 1 fully saturated rings. The predicted octanol–water partition coefficient (Wildman–Crippen LogP) is 3.75. The first kappa shape index (κ1) is 17.3. The molecule has 138 valence electrons. The Morgan fingerprint density at radius 3 is 2.48 bits per heavy atom. The number of aromatic nitrogens is 2. The van der Waals surface area contributed by atoms with Crippen LogP contribution in [0.5, 0.6) is 5.75 Å². The van der Waals surface area contributed by atoms with E-state index in [9.17, 15) is 9.90 Å². The zero-order valence-corrected chi connectivity index (χ0v) is 15.3. The van der Waals surface area contributed by atoms with Gasteiger partial charge in [-0.1, -0.05) is 36.4 Å². The second-order valence-electron chi connectivity index (χ2n) is 7.20. The molecular formula is C22H23N3O2. The van der Waals surface area contributed by atoms with Crippen molar-refractivity contribution in [1.82, 2.24) is 15.3 Å². The van der Waals surface area contributed by atoms with Gasteiger partial charge in [-0.3, -0.25) is 4.79 Å². The van der Waals surface area contributed by atoms with Gasteiger partial charge in [-0.05, 0) is 54.5 Å². The van der Waals surface area contributed by atoms with Crippen molar-refractivity contribution >= 4 is 5.91 Å². The lowest BCUT2D eigenvalue weighted by Gasteiger charge is -2.18. The molecule has 3 N–H and O–H groups in total. The molecule has 5 nitrogen and oxygen atoms in total. The summed E-state index contributed by atoms with van der Waals surface area (Å²) in [5.41, 5.74) is 3.99. The Labute approximate surface area is 158 Å². The molecule has 0 bridgehead atoms. The van der Waals surface area contributed by atoms with E-state index in [0.29, 0.717) is 6.42 Å². The van der Waals surface area contributed by atoms with Crippen LogP contribution in [0.4, 0.5) is 0 Å². The monoisotopic (exact) mass is 361 g/mol. The summed E-state index contributed by atoms with van der Waals surface area (Å²) >= 11 is 0. The number of hydrogen-bond donors (Lipinski definition) is 3. The second kappa shape index (κ2) is 7.27. The lowest BCUT2D eigenvalue weighted by Crippen LogP contribution is -2.30. The van der Waals surface area contributed by atoms with Crippen LogP contribution < -0.4 is 5.32 Å². The van der Waals surface area contributed by atoms with Crippen molar-refractivity contribution in [3.8, 4) is 5.75 Å². The average Bonchev–Trinajstić information content (AvgIpc) is 3.42. The van der Waals surface area contributed by atoms with Crippen molar-refractivity contribution in [3.63, 3.8) is 0 Å². The zero-order chi connectivity index (χ0) is 18.8. The number of phenols is 1. The molecule has 1 aromatic heterocycles. The Hall–Kier alpha value is -3.08. The molecular weight excluding hydrogens is 338 g/mol. The van der Waals surface area contributed by atoms with Crippen molar-refractivity contribution in [2.75, 3.05) is 0 Å². The Kier molecular flexibility index (Phi) is 4.67. The third-order valence-corrected chi connectivity index (χ3v) is 4.95. The minimum atomic E-state index is -0.367. The fourth-order valence-corrected chi connectivity index (χ4v) is 3.30. The van der Waals surface area contributed by atoms with Crippen LogP contribution >= 0.6 is 0 Å². The van der Waals surface area contributed by atoms with Gasteiger partial charge in [0.25, 0.3) is 0 Å². The number of nitrogens with zero attached hydrogens (tertiary/aromatic N) is 1. The van der Waals surface area contributed by atoms with Crippen molar-refractivity contribution in [1.29, 1.82) is 0 Å². The number of phenolic OH excluding ortho intramolecular Hbond substituents is 1. The highest BCUT2D eigenvalue weighted by molar-refractivity contribution is 5.79. The van der Waals surface area contributed by atoms with Crippen LogP contribution in [0.25, 0.3) is 0 Å². The molecule has 1 amide bonds. The second-order valence-corrected chi connectivity index (χ2v) is 7.20.